The van der Waals surface area contributed by atoms with Gasteiger partial charge in [0.05, 0.1) is 20.3 Å². The number of aliphatic hydroxyl groups is 1. The van der Waals surface area contributed by atoms with Gasteiger partial charge in [-0.15, -0.1) is 0 Å². The average molecular weight is 295 g/mol. The van der Waals surface area contributed by atoms with Gasteiger partial charge in [0, 0.05) is 24.6 Å². The van der Waals surface area contributed by atoms with Crippen LogP contribution >= 0.6 is 0 Å². The summed E-state index contributed by atoms with van der Waals surface area (Å²) in [7, 11) is 2.92. The molecule has 2 rings (SSSR count). The molecule has 114 valence electrons. The zero-order valence-electron chi connectivity index (χ0n) is 11.8. The Hall–Kier alpha value is -2.28. The number of β-amino-alcohol motifs (C(OH)–C–C–N with tert-alkyl or cyclic N) is 1. The monoisotopic (exact) mass is 295 g/mol. The molecule has 0 aliphatic carbocycles. The van der Waals surface area contributed by atoms with Gasteiger partial charge in [0.2, 0.25) is 0 Å². The average Bonchev–Trinajstić information content (AvgIpc) is 2.88. The van der Waals surface area contributed by atoms with Crippen LogP contribution in [0.2, 0.25) is 0 Å². The number of ether oxygens (including phenoxy) is 2. The highest BCUT2D eigenvalue weighted by Gasteiger charge is 2.39. The first-order valence-corrected chi connectivity index (χ1v) is 6.41. The topological polar surface area (TPSA) is 96.3 Å². The Bertz CT molecular complexity index is 536. The largest absolute Gasteiger partial charge is 0.497 e. The maximum Gasteiger partial charge on any atom is 0.326 e. The Morgan fingerprint density at radius 2 is 1.76 bits per heavy atom. The van der Waals surface area contributed by atoms with Crippen molar-refractivity contribution in [3.05, 3.63) is 23.8 Å². The van der Waals surface area contributed by atoms with E-state index in [0.29, 0.717) is 11.5 Å². The molecular weight excluding hydrogens is 278 g/mol. The lowest BCUT2D eigenvalue weighted by Crippen LogP contribution is -2.40. The van der Waals surface area contributed by atoms with Crippen molar-refractivity contribution in [2.24, 2.45) is 0 Å². The molecule has 21 heavy (non-hydrogen) atoms. The van der Waals surface area contributed by atoms with Gasteiger partial charge >= 0.3 is 5.97 Å². The van der Waals surface area contributed by atoms with Crippen molar-refractivity contribution in [2.45, 2.75) is 18.6 Å². The molecule has 1 aliphatic heterocycles. The van der Waals surface area contributed by atoms with Gasteiger partial charge in [0.15, 0.2) is 0 Å². The van der Waals surface area contributed by atoms with Crippen molar-refractivity contribution < 1.29 is 29.3 Å². The number of aliphatic hydroxyl groups excluding tert-OH is 1. The minimum atomic E-state index is -1.13. The number of likely N-dealkylation sites (tertiary alicyclic amines) is 1. The fourth-order valence-corrected chi connectivity index (χ4v) is 2.37. The molecular formula is C14H17NO6. The zero-order valence-corrected chi connectivity index (χ0v) is 11.8. The molecule has 0 bridgehead atoms. The zero-order chi connectivity index (χ0) is 15.6. The van der Waals surface area contributed by atoms with Crippen LogP contribution in [0.3, 0.4) is 0 Å². The SMILES string of the molecule is COc1cc(OC)cc(C(=O)N2C[C@H](O)C[C@H]2C(=O)O)c1. The molecule has 0 spiro atoms. The van der Waals surface area contributed by atoms with Crippen molar-refractivity contribution in [2.75, 3.05) is 20.8 Å². The molecule has 1 aliphatic rings. The molecule has 0 unspecified atom stereocenters. The third kappa shape index (κ3) is 3.08. The quantitative estimate of drug-likeness (QED) is 0.833. The molecule has 1 saturated heterocycles. The standard InChI is InChI=1S/C14H17NO6/c1-20-10-3-8(4-11(6-10)21-2)13(17)15-7-9(16)5-12(15)14(18)19/h3-4,6,9,12,16H,5,7H2,1-2H3,(H,18,19)/t9-,12+/m1/s1. The van der Waals surface area contributed by atoms with Crippen LogP contribution in [0.1, 0.15) is 16.8 Å². The van der Waals surface area contributed by atoms with E-state index >= 15 is 0 Å². The second-order valence-electron chi connectivity index (χ2n) is 4.80. The molecule has 2 N–H and O–H groups in total. The summed E-state index contributed by atoms with van der Waals surface area (Å²) in [6.07, 6.45) is -0.801. The molecule has 0 saturated carbocycles. The number of nitrogens with zero attached hydrogens (tertiary/aromatic N) is 1. The van der Waals surface area contributed by atoms with Crippen molar-refractivity contribution in [1.29, 1.82) is 0 Å². The summed E-state index contributed by atoms with van der Waals surface area (Å²) in [5.41, 5.74) is 0.256. The highest BCUT2D eigenvalue weighted by Crippen LogP contribution is 2.26. The number of benzene rings is 1. The number of carbonyl (C=O) groups excluding carboxylic acids is 1. The number of amides is 1. The van der Waals surface area contributed by atoms with Crippen molar-refractivity contribution >= 4 is 11.9 Å². The Balaban J connectivity index is 2.32. The molecule has 1 fully saturated rings. The van der Waals surface area contributed by atoms with Gasteiger partial charge < -0.3 is 24.6 Å². The summed E-state index contributed by atoms with van der Waals surface area (Å²) in [4.78, 5) is 24.8. The van der Waals surface area contributed by atoms with Crippen LogP contribution in [0.5, 0.6) is 11.5 Å². The van der Waals surface area contributed by atoms with Crippen LogP contribution < -0.4 is 9.47 Å². The smallest absolute Gasteiger partial charge is 0.326 e. The third-order valence-electron chi connectivity index (χ3n) is 3.42. The summed E-state index contributed by atoms with van der Waals surface area (Å²) in [5, 5.41) is 18.8. The van der Waals surface area contributed by atoms with Gasteiger partial charge in [-0.25, -0.2) is 4.79 Å². The van der Waals surface area contributed by atoms with E-state index in [1.54, 1.807) is 6.07 Å². The van der Waals surface area contributed by atoms with Crippen LogP contribution in [-0.2, 0) is 4.79 Å². The maximum absolute atomic E-state index is 12.5. The summed E-state index contributed by atoms with van der Waals surface area (Å²) in [6.45, 7) is -0.00464. The molecule has 1 amide bonds. The molecule has 2 atom stereocenters. The second-order valence-corrected chi connectivity index (χ2v) is 4.80. The number of aliphatic carboxylic acids is 1. The summed E-state index contributed by atoms with van der Waals surface area (Å²) < 4.78 is 10.2. The van der Waals surface area contributed by atoms with Gasteiger partial charge in [-0.3, -0.25) is 4.79 Å². The van der Waals surface area contributed by atoms with E-state index in [4.69, 9.17) is 14.6 Å². The van der Waals surface area contributed by atoms with E-state index in [0.717, 1.165) is 4.90 Å². The first-order chi connectivity index (χ1) is 9.96. The second kappa shape index (κ2) is 6.01. The molecule has 0 radical (unpaired) electrons. The Kier molecular flexibility index (Phi) is 4.32. The molecule has 7 nitrogen and oxygen atoms in total. The van der Waals surface area contributed by atoms with Crippen molar-refractivity contribution in [3.8, 4) is 11.5 Å². The van der Waals surface area contributed by atoms with Crippen LogP contribution in [0, 0.1) is 0 Å². The number of hydrogen-bond acceptors (Lipinski definition) is 5. The fourth-order valence-electron chi connectivity index (χ4n) is 2.37. The normalized spacial score (nSPS) is 21.2. The van der Waals surface area contributed by atoms with E-state index in [2.05, 4.69) is 0 Å². The molecule has 1 aromatic carbocycles. The van der Waals surface area contributed by atoms with Crippen LogP contribution in [-0.4, -0.2) is 59.9 Å². The number of carboxylic acid groups (broad SMARTS) is 1. The predicted molar refractivity (Wildman–Crippen MR) is 72.6 cm³/mol. The van der Waals surface area contributed by atoms with E-state index in [1.807, 2.05) is 0 Å². The van der Waals surface area contributed by atoms with Crippen molar-refractivity contribution in [1.82, 2.24) is 4.90 Å². The van der Waals surface area contributed by atoms with Gasteiger partial charge in [-0.2, -0.15) is 0 Å². The van der Waals surface area contributed by atoms with Gasteiger partial charge in [-0.1, -0.05) is 0 Å². The van der Waals surface area contributed by atoms with Crippen LogP contribution in [0.4, 0.5) is 0 Å². The van der Waals surface area contributed by atoms with Crippen molar-refractivity contribution in [3.63, 3.8) is 0 Å². The Morgan fingerprint density at radius 3 is 2.24 bits per heavy atom. The minimum absolute atomic E-state index is 0.00464. The number of carboxylic acids is 1. The van der Waals surface area contributed by atoms with E-state index in [1.165, 1.54) is 26.4 Å². The number of hydrogen-bond donors (Lipinski definition) is 2. The number of carbonyl (C=O) groups is 2. The minimum Gasteiger partial charge on any atom is -0.497 e. The van der Waals surface area contributed by atoms with Crippen LogP contribution in [0.15, 0.2) is 18.2 Å². The molecule has 7 heteroatoms. The molecule has 1 heterocycles. The maximum atomic E-state index is 12.5. The highest BCUT2D eigenvalue weighted by molar-refractivity contribution is 5.97. The lowest BCUT2D eigenvalue weighted by molar-refractivity contribution is -0.141. The highest BCUT2D eigenvalue weighted by atomic mass is 16.5. The first kappa shape index (κ1) is 15.1. The first-order valence-electron chi connectivity index (χ1n) is 6.41. The van der Waals surface area contributed by atoms with Crippen LogP contribution in [0.25, 0.3) is 0 Å². The predicted octanol–water partition coefficient (Wildman–Crippen LogP) is 0.364. The van der Waals surface area contributed by atoms with Gasteiger partial charge in [0.25, 0.3) is 5.91 Å². The van der Waals surface area contributed by atoms with E-state index in [-0.39, 0.29) is 18.5 Å². The van der Waals surface area contributed by atoms with Gasteiger partial charge in [0.1, 0.15) is 17.5 Å². The Labute approximate surface area is 121 Å². The third-order valence-corrected chi connectivity index (χ3v) is 3.42. The van der Waals surface area contributed by atoms with E-state index in [9.17, 15) is 14.7 Å². The lowest BCUT2D eigenvalue weighted by Gasteiger charge is -2.21. The van der Waals surface area contributed by atoms with E-state index < -0.39 is 24.0 Å². The van der Waals surface area contributed by atoms with Gasteiger partial charge in [-0.05, 0) is 12.1 Å². The summed E-state index contributed by atoms with van der Waals surface area (Å²) in [5.74, 6) is -0.737. The molecule has 1 aromatic rings. The molecule has 0 aromatic heterocycles. The number of methoxy groups -OCH3 is 2. The number of rotatable bonds is 4. The lowest BCUT2D eigenvalue weighted by atomic mass is 10.1. The fraction of sp³-hybridized carbons (Fsp3) is 0.429. The Morgan fingerprint density at radius 1 is 1.19 bits per heavy atom. The summed E-state index contributed by atoms with van der Waals surface area (Å²) >= 11 is 0. The summed E-state index contributed by atoms with van der Waals surface area (Å²) in [6, 6.07) is 3.61.